The van der Waals surface area contributed by atoms with E-state index in [0.29, 0.717) is 0 Å². The van der Waals surface area contributed by atoms with Crippen molar-refractivity contribution < 1.29 is 0 Å². The standard InChI is InChI=1S/C25H28P2/c1-17-9-8-11-21-16-19(3)27(25(17)21)24-14-7-6-13-23(24)26-18(2)15-20-10-4-5-12-22(20)26/h4-8,10-14,17-19H,9,15-16H2,1-3H3/t17?,18-,19-,26?,27?/m0/s1. The van der Waals surface area contributed by atoms with Crippen molar-refractivity contribution in [3.63, 3.8) is 0 Å². The van der Waals surface area contributed by atoms with E-state index in [4.69, 9.17) is 0 Å². The molecule has 3 unspecified atom stereocenters. The molecule has 0 bridgehead atoms. The minimum absolute atomic E-state index is 0.199. The number of hydrogen-bond acceptors (Lipinski definition) is 0. The Bertz CT molecular complexity index is 939. The van der Waals surface area contributed by atoms with Crippen LogP contribution in [-0.4, -0.2) is 11.3 Å². The molecule has 0 radical (unpaired) electrons. The lowest BCUT2D eigenvalue weighted by atomic mass is 9.96. The van der Waals surface area contributed by atoms with Crippen LogP contribution in [0.3, 0.4) is 0 Å². The minimum Gasteiger partial charge on any atom is -0.0837 e. The maximum absolute atomic E-state index is 2.50. The van der Waals surface area contributed by atoms with Gasteiger partial charge in [-0.15, -0.1) is 0 Å². The van der Waals surface area contributed by atoms with E-state index < -0.39 is 0 Å². The first-order valence-electron chi connectivity index (χ1n) is 10.3. The van der Waals surface area contributed by atoms with E-state index >= 15 is 0 Å². The third-order valence-corrected chi connectivity index (χ3v) is 12.8. The first-order chi connectivity index (χ1) is 13.1. The Morgan fingerprint density at radius 2 is 1.37 bits per heavy atom. The molecule has 0 amide bonds. The molecule has 27 heavy (non-hydrogen) atoms. The van der Waals surface area contributed by atoms with Crippen LogP contribution >= 0.6 is 15.8 Å². The maximum atomic E-state index is 2.50. The normalized spacial score (nSPS) is 31.9. The Balaban J connectivity index is 1.64. The molecule has 0 spiro atoms. The monoisotopic (exact) mass is 390 g/mol. The van der Waals surface area contributed by atoms with Crippen LogP contribution in [-0.2, 0) is 6.42 Å². The third-order valence-electron chi connectivity index (χ3n) is 6.43. The van der Waals surface area contributed by atoms with E-state index in [1.807, 2.05) is 5.31 Å². The molecule has 2 aromatic carbocycles. The largest absolute Gasteiger partial charge is 0.0837 e. The molecular formula is C25H28P2. The highest BCUT2D eigenvalue weighted by molar-refractivity contribution is 7.78. The molecule has 0 nitrogen and oxygen atoms in total. The molecule has 138 valence electrons. The van der Waals surface area contributed by atoms with Crippen LogP contribution in [0, 0.1) is 5.92 Å². The van der Waals surface area contributed by atoms with Crippen molar-refractivity contribution in [3.8, 4) is 0 Å². The zero-order valence-corrected chi connectivity index (χ0v) is 18.3. The molecule has 2 heterocycles. The van der Waals surface area contributed by atoms with Crippen LogP contribution in [0.4, 0.5) is 0 Å². The predicted octanol–water partition coefficient (Wildman–Crippen LogP) is 5.81. The Hall–Kier alpha value is -1.22. The van der Waals surface area contributed by atoms with Gasteiger partial charge in [0.1, 0.15) is 0 Å². The summed E-state index contributed by atoms with van der Waals surface area (Å²) in [5, 5.41) is 6.82. The molecule has 0 N–H and O–H groups in total. The summed E-state index contributed by atoms with van der Waals surface area (Å²) in [6.45, 7) is 7.43. The topological polar surface area (TPSA) is 0 Å². The molecule has 5 rings (SSSR count). The van der Waals surface area contributed by atoms with Crippen LogP contribution in [0.2, 0.25) is 0 Å². The smallest absolute Gasteiger partial charge is 0.0113 e. The molecule has 0 aromatic heterocycles. The minimum atomic E-state index is -0.236. The highest BCUT2D eigenvalue weighted by Crippen LogP contribution is 2.62. The number of fused-ring (bicyclic) bond motifs is 1. The summed E-state index contributed by atoms with van der Waals surface area (Å²) in [4.78, 5) is 0. The molecule has 0 saturated carbocycles. The Morgan fingerprint density at radius 3 is 2.15 bits per heavy atom. The van der Waals surface area contributed by atoms with Gasteiger partial charge in [-0.3, -0.25) is 0 Å². The fourth-order valence-corrected chi connectivity index (χ4v) is 12.0. The summed E-state index contributed by atoms with van der Waals surface area (Å²) < 4.78 is 0. The van der Waals surface area contributed by atoms with E-state index in [2.05, 4.69) is 81.5 Å². The van der Waals surface area contributed by atoms with Gasteiger partial charge in [0.05, 0.1) is 0 Å². The summed E-state index contributed by atoms with van der Waals surface area (Å²) in [5.74, 6) is 0.718. The van der Waals surface area contributed by atoms with Gasteiger partial charge in [0.15, 0.2) is 0 Å². The SMILES string of the molecule is CC1CC=CC2=C1P(c1ccccc1P1c3ccccc3C[C@@H]1C)[C@@H](C)C2. The highest BCUT2D eigenvalue weighted by atomic mass is 31.1. The Labute approximate surface area is 166 Å². The fourth-order valence-electron chi connectivity index (χ4n) is 5.31. The fraction of sp³-hybridized carbons (Fsp3) is 0.360. The van der Waals surface area contributed by atoms with E-state index in [0.717, 1.165) is 17.2 Å². The Kier molecular flexibility index (Phi) is 4.62. The molecular weight excluding hydrogens is 362 g/mol. The average Bonchev–Trinajstić information content (AvgIpc) is 3.18. The second kappa shape index (κ2) is 6.99. The lowest BCUT2D eigenvalue weighted by molar-refractivity contribution is 0.714. The second-order valence-electron chi connectivity index (χ2n) is 8.41. The van der Waals surface area contributed by atoms with Crippen LogP contribution < -0.4 is 15.9 Å². The van der Waals surface area contributed by atoms with E-state index in [9.17, 15) is 0 Å². The van der Waals surface area contributed by atoms with Gasteiger partial charge in [0, 0.05) is 0 Å². The van der Waals surface area contributed by atoms with Crippen molar-refractivity contribution >= 4 is 31.8 Å². The maximum Gasteiger partial charge on any atom is -0.0113 e. The molecule has 3 aliphatic rings. The molecule has 5 atom stereocenters. The Morgan fingerprint density at radius 1 is 0.741 bits per heavy atom. The average molecular weight is 390 g/mol. The van der Waals surface area contributed by atoms with Crippen LogP contribution in [0.5, 0.6) is 0 Å². The van der Waals surface area contributed by atoms with Gasteiger partial charge < -0.3 is 0 Å². The quantitative estimate of drug-likeness (QED) is 0.568. The van der Waals surface area contributed by atoms with Gasteiger partial charge in [0.2, 0.25) is 0 Å². The summed E-state index contributed by atoms with van der Waals surface area (Å²) in [5.41, 5.74) is 4.78. The third kappa shape index (κ3) is 2.88. The first kappa shape index (κ1) is 17.8. The van der Waals surface area contributed by atoms with Gasteiger partial charge in [-0.2, -0.15) is 0 Å². The number of rotatable bonds is 2. The lowest BCUT2D eigenvalue weighted by Gasteiger charge is -2.30. The molecule has 2 aliphatic heterocycles. The van der Waals surface area contributed by atoms with E-state index in [1.54, 1.807) is 27.1 Å². The number of allylic oxidation sites excluding steroid dienone is 4. The molecule has 1 aliphatic carbocycles. The zero-order valence-electron chi connectivity index (χ0n) is 16.5. The molecule has 2 aromatic rings. The van der Waals surface area contributed by atoms with Crippen molar-refractivity contribution in [2.45, 2.75) is 51.4 Å². The molecule has 2 heteroatoms. The van der Waals surface area contributed by atoms with Crippen molar-refractivity contribution in [3.05, 3.63) is 77.1 Å². The van der Waals surface area contributed by atoms with Gasteiger partial charge in [0.25, 0.3) is 0 Å². The van der Waals surface area contributed by atoms with Gasteiger partial charge in [-0.05, 0) is 84.7 Å². The zero-order chi connectivity index (χ0) is 18.5. The summed E-state index contributed by atoms with van der Waals surface area (Å²) in [7, 11) is -0.435. The van der Waals surface area contributed by atoms with Crippen LogP contribution in [0.1, 0.15) is 39.2 Å². The summed E-state index contributed by atoms with van der Waals surface area (Å²) in [6, 6.07) is 18.7. The molecule has 0 saturated heterocycles. The number of benzene rings is 2. The van der Waals surface area contributed by atoms with Crippen molar-refractivity contribution in [2.24, 2.45) is 5.92 Å². The van der Waals surface area contributed by atoms with Crippen LogP contribution in [0.25, 0.3) is 0 Å². The first-order valence-corrected chi connectivity index (χ1v) is 13.1. The van der Waals surface area contributed by atoms with Gasteiger partial charge in [-0.25, -0.2) is 0 Å². The summed E-state index contributed by atoms with van der Waals surface area (Å²) in [6.07, 6.45) is 8.59. The van der Waals surface area contributed by atoms with Crippen molar-refractivity contribution in [1.29, 1.82) is 0 Å². The summed E-state index contributed by atoms with van der Waals surface area (Å²) >= 11 is 0. The van der Waals surface area contributed by atoms with Crippen molar-refractivity contribution in [2.75, 3.05) is 0 Å². The van der Waals surface area contributed by atoms with Gasteiger partial charge in [-0.1, -0.05) is 81.5 Å². The lowest BCUT2D eigenvalue weighted by Crippen LogP contribution is -2.29. The molecule has 0 fully saturated rings. The van der Waals surface area contributed by atoms with E-state index in [1.165, 1.54) is 19.3 Å². The number of hydrogen-bond donors (Lipinski definition) is 0. The highest BCUT2D eigenvalue weighted by Gasteiger charge is 2.39. The van der Waals surface area contributed by atoms with Crippen LogP contribution in [0.15, 0.2) is 71.6 Å². The van der Waals surface area contributed by atoms with Crippen molar-refractivity contribution in [1.82, 2.24) is 0 Å². The van der Waals surface area contributed by atoms with E-state index in [-0.39, 0.29) is 15.8 Å². The predicted molar refractivity (Wildman–Crippen MR) is 123 cm³/mol. The van der Waals surface area contributed by atoms with Gasteiger partial charge >= 0.3 is 0 Å². The second-order valence-corrected chi connectivity index (χ2v) is 13.6.